The summed E-state index contributed by atoms with van der Waals surface area (Å²) in [5.41, 5.74) is 0. The summed E-state index contributed by atoms with van der Waals surface area (Å²) < 4.78 is 5.03. The molecule has 2 unspecified atom stereocenters. The predicted octanol–water partition coefficient (Wildman–Crippen LogP) is 2.20. The number of rotatable bonds is 6. The van der Waals surface area contributed by atoms with Crippen molar-refractivity contribution in [2.45, 2.75) is 50.8 Å². The molecule has 0 radical (unpaired) electrons. The average Bonchev–Trinajstić information content (AvgIpc) is 2.31. The molecule has 94 valence electrons. The van der Waals surface area contributed by atoms with E-state index in [-0.39, 0.29) is 12.0 Å². The Morgan fingerprint density at radius 1 is 1.50 bits per heavy atom. The Kier molecular flexibility index (Phi) is 6.88. The summed E-state index contributed by atoms with van der Waals surface area (Å²) in [6, 6.07) is -0.123. The van der Waals surface area contributed by atoms with Gasteiger partial charge in [0.1, 0.15) is 6.04 Å². The topological polar surface area (TPSA) is 38.3 Å². The Balaban J connectivity index is 2.24. The first-order chi connectivity index (χ1) is 7.77. The van der Waals surface area contributed by atoms with Crippen molar-refractivity contribution in [3.05, 3.63) is 0 Å². The van der Waals surface area contributed by atoms with Crippen LogP contribution >= 0.6 is 11.8 Å². The van der Waals surface area contributed by atoms with E-state index in [1.54, 1.807) is 0 Å². The molecule has 1 saturated heterocycles. The second-order valence-electron chi connectivity index (χ2n) is 4.11. The second-order valence-corrected chi connectivity index (χ2v) is 5.52. The van der Waals surface area contributed by atoms with Crippen molar-refractivity contribution in [2.75, 3.05) is 18.9 Å². The number of esters is 1. The molecule has 1 aliphatic rings. The van der Waals surface area contributed by atoms with Crippen LogP contribution < -0.4 is 5.32 Å². The van der Waals surface area contributed by atoms with Crippen LogP contribution in [0.3, 0.4) is 0 Å². The van der Waals surface area contributed by atoms with E-state index in [1.165, 1.54) is 25.0 Å². The third kappa shape index (κ3) is 4.74. The molecule has 16 heavy (non-hydrogen) atoms. The van der Waals surface area contributed by atoms with Crippen LogP contribution in [-0.4, -0.2) is 36.2 Å². The minimum Gasteiger partial charge on any atom is -0.465 e. The van der Waals surface area contributed by atoms with Gasteiger partial charge in [0.2, 0.25) is 0 Å². The normalized spacial score (nSPS) is 22.8. The quantitative estimate of drug-likeness (QED) is 0.728. The van der Waals surface area contributed by atoms with Crippen molar-refractivity contribution in [1.82, 2.24) is 5.32 Å². The first-order valence-electron chi connectivity index (χ1n) is 6.29. The van der Waals surface area contributed by atoms with Gasteiger partial charge < -0.3 is 10.1 Å². The average molecular weight is 245 g/mol. The van der Waals surface area contributed by atoms with Crippen molar-refractivity contribution in [1.29, 1.82) is 0 Å². The lowest BCUT2D eigenvalue weighted by atomic mass is 10.1. The van der Waals surface area contributed by atoms with Gasteiger partial charge in [-0.1, -0.05) is 13.3 Å². The Bertz CT molecular complexity index is 205. The molecule has 1 aliphatic heterocycles. The molecule has 3 nitrogen and oxygen atoms in total. The molecule has 0 bridgehead atoms. The predicted molar refractivity (Wildman–Crippen MR) is 68.8 cm³/mol. The third-order valence-electron chi connectivity index (χ3n) is 2.85. The molecule has 1 N–H and O–H groups in total. The maximum Gasteiger partial charge on any atom is 0.323 e. The summed E-state index contributed by atoms with van der Waals surface area (Å²) in [6.07, 6.45) is 4.75. The van der Waals surface area contributed by atoms with Crippen molar-refractivity contribution in [3.63, 3.8) is 0 Å². The molecule has 4 heteroatoms. The number of ether oxygens (including phenoxy) is 1. The molecule has 0 amide bonds. The van der Waals surface area contributed by atoms with Gasteiger partial charge >= 0.3 is 5.97 Å². The molecule has 1 heterocycles. The summed E-state index contributed by atoms with van der Waals surface area (Å²) in [5, 5.41) is 4.01. The van der Waals surface area contributed by atoms with Crippen molar-refractivity contribution in [3.8, 4) is 0 Å². The highest BCUT2D eigenvalue weighted by atomic mass is 32.2. The van der Waals surface area contributed by atoms with E-state index in [9.17, 15) is 4.79 Å². The van der Waals surface area contributed by atoms with Crippen LogP contribution in [0.5, 0.6) is 0 Å². The lowest BCUT2D eigenvalue weighted by Gasteiger charge is -2.24. The van der Waals surface area contributed by atoms with E-state index >= 15 is 0 Å². The van der Waals surface area contributed by atoms with Crippen LogP contribution in [-0.2, 0) is 9.53 Å². The van der Waals surface area contributed by atoms with E-state index in [0.717, 1.165) is 13.0 Å². The fourth-order valence-corrected chi connectivity index (χ4v) is 3.13. The van der Waals surface area contributed by atoms with E-state index in [0.29, 0.717) is 11.9 Å². The minimum atomic E-state index is -0.123. The van der Waals surface area contributed by atoms with Crippen LogP contribution in [0.1, 0.15) is 39.5 Å². The molecule has 2 atom stereocenters. The fraction of sp³-hybridized carbons (Fsp3) is 0.917. The Labute approximate surface area is 103 Å². The van der Waals surface area contributed by atoms with Crippen molar-refractivity contribution in [2.24, 2.45) is 0 Å². The Morgan fingerprint density at radius 2 is 2.31 bits per heavy atom. The van der Waals surface area contributed by atoms with Crippen molar-refractivity contribution >= 4 is 17.7 Å². The third-order valence-corrected chi connectivity index (χ3v) is 4.24. The molecule has 0 aliphatic carbocycles. The molecule has 1 fully saturated rings. The molecule has 0 aromatic rings. The van der Waals surface area contributed by atoms with Crippen LogP contribution in [0.15, 0.2) is 0 Å². The number of nitrogens with one attached hydrogen (secondary N) is 1. The van der Waals surface area contributed by atoms with Gasteiger partial charge in [-0.2, -0.15) is 11.8 Å². The summed E-state index contributed by atoms with van der Waals surface area (Å²) in [7, 11) is 0. The van der Waals surface area contributed by atoms with Crippen LogP contribution in [0.4, 0.5) is 0 Å². The summed E-state index contributed by atoms with van der Waals surface area (Å²) in [5.74, 6) is 1.16. The molecular formula is C12H23NO2S. The highest BCUT2D eigenvalue weighted by molar-refractivity contribution is 7.99. The molecule has 0 aromatic carbocycles. The molecule has 0 aromatic heterocycles. The first-order valence-corrected chi connectivity index (χ1v) is 7.34. The van der Waals surface area contributed by atoms with Gasteiger partial charge in [-0.3, -0.25) is 4.79 Å². The SMILES string of the molecule is CCOC(=O)C(CC)NCC1CCCCS1. The van der Waals surface area contributed by atoms with E-state index in [2.05, 4.69) is 5.32 Å². The maximum absolute atomic E-state index is 11.6. The Hall–Kier alpha value is -0.220. The van der Waals surface area contributed by atoms with Gasteiger partial charge in [0.15, 0.2) is 0 Å². The van der Waals surface area contributed by atoms with Gasteiger partial charge in [0, 0.05) is 11.8 Å². The fourth-order valence-electron chi connectivity index (χ4n) is 1.88. The zero-order chi connectivity index (χ0) is 11.8. The van der Waals surface area contributed by atoms with Crippen LogP contribution in [0.2, 0.25) is 0 Å². The summed E-state index contributed by atoms with van der Waals surface area (Å²) in [4.78, 5) is 11.6. The number of thioether (sulfide) groups is 1. The van der Waals surface area contributed by atoms with Crippen LogP contribution in [0, 0.1) is 0 Å². The Morgan fingerprint density at radius 3 is 2.88 bits per heavy atom. The van der Waals surface area contributed by atoms with Gasteiger partial charge in [-0.05, 0) is 31.9 Å². The van der Waals surface area contributed by atoms with E-state index in [4.69, 9.17) is 4.74 Å². The van der Waals surface area contributed by atoms with E-state index in [1.807, 2.05) is 25.6 Å². The van der Waals surface area contributed by atoms with Crippen LogP contribution in [0.25, 0.3) is 0 Å². The molecule has 0 saturated carbocycles. The summed E-state index contributed by atoms with van der Waals surface area (Å²) >= 11 is 2.03. The molecule has 1 rings (SSSR count). The van der Waals surface area contributed by atoms with Crippen molar-refractivity contribution < 1.29 is 9.53 Å². The van der Waals surface area contributed by atoms with E-state index < -0.39 is 0 Å². The summed E-state index contributed by atoms with van der Waals surface area (Å²) in [6.45, 7) is 5.27. The highest BCUT2D eigenvalue weighted by Crippen LogP contribution is 2.24. The molecular weight excluding hydrogens is 222 g/mol. The van der Waals surface area contributed by atoms with Gasteiger partial charge in [0.25, 0.3) is 0 Å². The zero-order valence-electron chi connectivity index (χ0n) is 10.3. The van der Waals surface area contributed by atoms with Gasteiger partial charge in [-0.15, -0.1) is 0 Å². The number of carbonyl (C=O) groups excluding carboxylic acids is 1. The largest absolute Gasteiger partial charge is 0.465 e. The number of hydrogen-bond acceptors (Lipinski definition) is 4. The lowest BCUT2D eigenvalue weighted by molar-refractivity contribution is -0.145. The standard InChI is InChI=1S/C12H23NO2S/c1-3-11(12(14)15-4-2)13-9-10-7-5-6-8-16-10/h10-11,13H,3-9H2,1-2H3. The monoisotopic (exact) mass is 245 g/mol. The highest BCUT2D eigenvalue weighted by Gasteiger charge is 2.20. The lowest BCUT2D eigenvalue weighted by Crippen LogP contribution is -2.41. The second kappa shape index (κ2) is 7.96. The van der Waals surface area contributed by atoms with Gasteiger partial charge in [-0.25, -0.2) is 0 Å². The smallest absolute Gasteiger partial charge is 0.323 e. The van der Waals surface area contributed by atoms with Gasteiger partial charge in [0.05, 0.1) is 6.61 Å². The first kappa shape index (κ1) is 13.8. The minimum absolute atomic E-state index is 0.106. The number of hydrogen-bond donors (Lipinski definition) is 1. The maximum atomic E-state index is 11.6. The number of carbonyl (C=O) groups is 1. The zero-order valence-corrected chi connectivity index (χ0v) is 11.1. The molecule has 0 spiro atoms.